The predicted molar refractivity (Wildman–Crippen MR) is 95.3 cm³/mol. The van der Waals surface area contributed by atoms with E-state index in [9.17, 15) is 4.79 Å². The maximum atomic E-state index is 11.7. The van der Waals surface area contributed by atoms with E-state index in [1.807, 2.05) is 23.0 Å². The Kier molecular flexibility index (Phi) is 4.39. The fourth-order valence-corrected chi connectivity index (χ4v) is 5.60. The van der Waals surface area contributed by atoms with Crippen LogP contribution in [0.3, 0.4) is 0 Å². The molecule has 0 saturated carbocycles. The molecule has 7 heteroatoms. The molecule has 1 fully saturated rings. The molecule has 2 aromatic rings. The van der Waals surface area contributed by atoms with Crippen LogP contribution in [-0.2, 0) is 29.4 Å². The van der Waals surface area contributed by atoms with Crippen LogP contribution in [0.15, 0.2) is 11.2 Å². The molecule has 2 aromatic heterocycles. The number of aryl methyl sites for hydroxylation is 1. The van der Waals surface area contributed by atoms with Crippen LogP contribution in [-0.4, -0.2) is 32.6 Å². The molecule has 2 aliphatic rings. The summed E-state index contributed by atoms with van der Waals surface area (Å²) in [4.78, 5) is 14.4. The Morgan fingerprint density at radius 3 is 3.04 bits per heavy atom. The van der Waals surface area contributed by atoms with Crippen LogP contribution < -0.4 is 0 Å². The number of rotatable bonds is 4. The maximum absolute atomic E-state index is 11.7. The third-order valence-electron chi connectivity index (χ3n) is 4.95. The lowest BCUT2D eigenvalue weighted by Crippen LogP contribution is -2.10. The normalized spacial score (nSPS) is 23.3. The Hall–Kier alpha value is -1.34. The first-order valence-corrected chi connectivity index (χ1v) is 10.2. The number of hydrogen-bond donors (Lipinski definition) is 0. The maximum Gasteiger partial charge on any atom is 0.319 e. The minimum Gasteiger partial charge on any atom is -0.465 e. The molecule has 0 unspecified atom stereocenters. The second kappa shape index (κ2) is 6.52. The molecule has 1 aliphatic carbocycles. The average molecular weight is 364 g/mol. The Morgan fingerprint density at radius 1 is 1.42 bits per heavy atom. The summed E-state index contributed by atoms with van der Waals surface area (Å²) >= 11 is 3.31. The molecule has 5 nitrogen and oxygen atoms in total. The summed E-state index contributed by atoms with van der Waals surface area (Å²) in [5, 5.41) is 9.32. The van der Waals surface area contributed by atoms with Crippen molar-refractivity contribution in [1.29, 1.82) is 0 Å². The predicted octanol–water partition coefficient (Wildman–Crippen LogP) is 3.47. The summed E-state index contributed by atoms with van der Waals surface area (Å²) in [6, 6.07) is 2.30. The van der Waals surface area contributed by atoms with Crippen LogP contribution in [0.5, 0.6) is 0 Å². The van der Waals surface area contributed by atoms with Crippen LogP contribution >= 0.6 is 23.1 Å². The summed E-state index contributed by atoms with van der Waals surface area (Å²) in [6.07, 6.45) is 5.68. The molecule has 0 aromatic carbocycles. The van der Waals surface area contributed by atoms with Gasteiger partial charge in [0.05, 0.1) is 11.5 Å². The van der Waals surface area contributed by atoms with E-state index in [1.165, 1.54) is 52.8 Å². The lowest BCUT2D eigenvalue weighted by Gasteiger charge is -2.19. The molecule has 1 saturated heterocycles. The van der Waals surface area contributed by atoms with Crippen LogP contribution in [0.1, 0.15) is 36.6 Å². The first kappa shape index (κ1) is 16.1. The van der Waals surface area contributed by atoms with Gasteiger partial charge in [0, 0.05) is 18.3 Å². The van der Waals surface area contributed by atoms with Gasteiger partial charge in [-0.2, -0.15) is 0 Å². The van der Waals surface area contributed by atoms with Crippen molar-refractivity contribution in [3.63, 3.8) is 0 Å². The van der Waals surface area contributed by atoms with E-state index < -0.39 is 0 Å². The molecule has 0 amide bonds. The molecular formula is C17H21N3O2S2. The third-order valence-corrected chi connectivity index (χ3v) is 7.46. The molecule has 0 spiro atoms. The monoisotopic (exact) mass is 363 g/mol. The molecule has 0 bridgehead atoms. The highest BCUT2D eigenvalue weighted by Gasteiger charge is 2.30. The van der Waals surface area contributed by atoms with Crippen molar-refractivity contribution in [3.8, 4) is 10.7 Å². The highest BCUT2D eigenvalue weighted by molar-refractivity contribution is 8.00. The van der Waals surface area contributed by atoms with Crippen LogP contribution in [0.25, 0.3) is 10.7 Å². The first-order valence-electron chi connectivity index (χ1n) is 8.50. The van der Waals surface area contributed by atoms with Crippen molar-refractivity contribution in [2.24, 2.45) is 13.0 Å². The fraction of sp³-hybridized carbons (Fsp3) is 0.588. The Balaban J connectivity index is 1.57. The number of cyclic esters (lactones) is 1. The third kappa shape index (κ3) is 2.88. The van der Waals surface area contributed by atoms with Crippen molar-refractivity contribution < 1.29 is 9.53 Å². The van der Waals surface area contributed by atoms with E-state index in [1.54, 1.807) is 0 Å². The number of hydrogen-bond acceptors (Lipinski definition) is 6. The first-order chi connectivity index (χ1) is 11.7. The van der Waals surface area contributed by atoms with Crippen molar-refractivity contribution >= 4 is 29.1 Å². The minimum atomic E-state index is -0.150. The SMILES string of the molecule is CC[C@H]1CCc2sc(-c3nnc(S[C@H]4CCOC4=O)n3C)cc2C1. The highest BCUT2D eigenvalue weighted by Crippen LogP contribution is 2.38. The Morgan fingerprint density at radius 2 is 2.29 bits per heavy atom. The summed E-state index contributed by atoms with van der Waals surface area (Å²) in [6.45, 7) is 2.79. The van der Waals surface area contributed by atoms with Crippen LogP contribution in [0.4, 0.5) is 0 Å². The molecule has 1 aliphatic heterocycles. The van der Waals surface area contributed by atoms with Gasteiger partial charge in [-0.25, -0.2) is 0 Å². The largest absolute Gasteiger partial charge is 0.465 e. The van der Waals surface area contributed by atoms with Gasteiger partial charge in [-0.05, 0) is 36.8 Å². The van der Waals surface area contributed by atoms with Gasteiger partial charge in [0.25, 0.3) is 0 Å². The topological polar surface area (TPSA) is 57.0 Å². The molecule has 2 atom stereocenters. The smallest absolute Gasteiger partial charge is 0.319 e. The molecule has 0 N–H and O–H groups in total. The van der Waals surface area contributed by atoms with E-state index in [-0.39, 0.29) is 11.2 Å². The zero-order chi connectivity index (χ0) is 16.7. The van der Waals surface area contributed by atoms with Crippen molar-refractivity contribution in [2.45, 2.75) is 49.4 Å². The quantitative estimate of drug-likeness (QED) is 0.779. The average Bonchev–Trinajstić information content (AvgIpc) is 3.27. The fourth-order valence-electron chi connectivity index (χ4n) is 3.40. The Labute approximate surface area is 149 Å². The van der Waals surface area contributed by atoms with E-state index in [0.717, 1.165) is 23.3 Å². The van der Waals surface area contributed by atoms with Crippen molar-refractivity contribution in [1.82, 2.24) is 14.8 Å². The van der Waals surface area contributed by atoms with Gasteiger partial charge in [-0.3, -0.25) is 4.79 Å². The van der Waals surface area contributed by atoms with Gasteiger partial charge >= 0.3 is 5.97 Å². The van der Waals surface area contributed by atoms with Crippen molar-refractivity contribution in [2.75, 3.05) is 6.61 Å². The Bertz CT molecular complexity index is 768. The summed E-state index contributed by atoms with van der Waals surface area (Å²) in [5.74, 6) is 1.58. The molecule has 3 heterocycles. The summed E-state index contributed by atoms with van der Waals surface area (Å²) < 4.78 is 7.03. The summed E-state index contributed by atoms with van der Waals surface area (Å²) in [7, 11) is 1.98. The number of carbonyl (C=O) groups is 1. The van der Waals surface area contributed by atoms with E-state index in [4.69, 9.17) is 4.74 Å². The lowest BCUT2D eigenvalue weighted by atomic mass is 9.87. The second-order valence-corrected chi connectivity index (χ2v) is 8.81. The number of carbonyl (C=O) groups excluding carboxylic acids is 1. The molecule has 128 valence electrons. The van der Waals surface area contributed by atoms with Crippen molar-refractivity contribution in [3.05, 3.63) is 16.5 Å². The van der Waals surface area contributed by atoms with Gasteiger partial charge in [0.2, 0.25) is 0 Å². The van der Waals surface area contributed by atoms with Crippen LogP contribution in [0, 0.1) is 5.92 Å². The summed E-state index contributed by atoms with van der Waals surface area (Å²) in [5.41, 5.74) is 1.49. The number of esters is 1. The van der Waals surface area contributed by atoms with Gasteiger partial charge in [0.15, 0.2) is 11.0 Å². The number of aromatic nitrogens is 3. The minimum absolute atomic E-state index is 0.137. The van der Waals surface area contributed by atoms with Crippen LogP contribution in [0.2, 0.25) is 0 Å². The number of thiophene rings is 1. The number of ether oxygens (including phenoxy) is 1. The van der Waals surface area contributed by atoms with Gasteiger partial charge in [-0.15, -0.1) is 21.5 Å². The number of nitrogens with zero attached hydrogens (tertiary/aromatic N) is 3. The zero-order valence-corrected chi connectivity index (χ0v) is 15.6. The zero-order valence-electron chi connectivity index (χ0n) is 13.9. The van der Waals surface area contributed by atoms with Gasteiger partial charge < -0.3 is 9.30 Å². The van der Waals surface area contributed by atoms with E-state index >= 15 is 0 Å². The van der Waals surface area contributed by atoms with Gasteiger partial charge in [-0.1, -0.05) is 25.1 Å². The molecule has 4 rings (SSSR count). The van der Waals surface area contributed by atoms with Gasteiger partial charge in [0.1, 0.15) is 5.25 Å². The van der Waals surface area contributed by atoms with E-state index in [0.29, 0.717) is 6.61 Å². The molecule has 0 radical (unpaired) electrons. The second-order valence-electron chi connectivity index (χ2n) is 6.50. The standard InChI is InChI=1S/C17H21N3O2S2/c1-3-10-4-5-12-11(8-10)9-14(23-12)15-18-19-17(20(15)2)24-13-6-7-22-16(13)21/h9-10,13H,3-8H2,1-2H3/t10-,13-/m0/s1. The lowest BCUT2D eigenvalue weighted by molar-refractivity contribution is -0.137. The number of thioether (sulfide) groups is 1. The van der Waals surface area contributed by atoms with E-state index in [2.05, 4.69) is 23.2 Å². The highest BCUT2D eigenvalue weighted by atomic mass is 32.2. The number of fused-ring (bicyclic) bond motifs is 1. The molecular weight excluding hydrogens is 342 g/mol. The molecule has 24 heavy (non-hydrogen) atoms.